The van der Waals surface area contributed by atoms with E-state index in [2.05, 4.69) is 9.97 Å². The molecule has 0 saturated heterocycles. The Morgan fingerprint density at radius 1 is 1.00 bits per heavy atom. The predicted molar refractivity (Wildman–Crippen MR) is 71.8 cm³/mol. The van der Waals surface area contributed by atoms with Crippen LogP contribution in [0.1, 0.15) is 33.5 Å². The van der Waals surface area contributed by atoms with Gasteiger partial charge in [-0.3, -0.25) is 0 Å². The highest BCUT2D eigenvalue weighted by Crippen LogP contribution is 2.04. The largest absolute Gasteiger partial charge is 0.477 e. The summed E-state index contributed by atoms with van der Waals surface area (Å²) >= 11 is 0. The first-order valence-corrected chi connectivity index (χ1v) is 5.87. The zero-order valence-electron chi connectivity index (χ0n) is 10.9. The van der Waals surface area contributed by atoms with Crippen molar-refractivity contribution in [1.29, 1.82) is 0 Å². The highest BCUT2D eigenvalue weighted by Gasteiger charge is 2.07. The average molecular weight is 274 g/mol. The van der Waals surface area contributed by atoms with Crippen molar-refractivity contribution in [3.8, 4) is 0 Å². The maximum atomic E-state index is 10.5. The maximum absolute atomic E-state index is 10.5. The normalized spacial score (nSPS) is 9.25. The van der Waals surface area contributed by atoms with E-state index >= 15 is 0 Å². The van der Waals surface area contributed by atoms with Crippen molar-refractivity contribution in [3.63, 3.8) is 0 Å². The first-order chi connectivity index (χ1) is 9.56. The summed E-state index contributed by atoms with van der Waals surface area (Å²) < 4.78 is 0. The van der Waals surface area contributed by atoms with Crippen molar-refractivity contribution >= 4 is 11.9 Å². The summed E-state index contributed by atoms with van der Waals surface area (Å²) in [6, 6.07) is 8.27. The molecule has 2 aromatic heterocycles. The molecule has 20 heavy (non-hydrogen) atoms. The van der Waals surface area contributed by atoms with Gasteiger partial charge in [-0.05, 0) is 30.2 Å². The minimum Gasteiger partial charge on any atom is -0.477 e. The van der Waals surface area contributed by atoms with Gasteiger partial charge in [-0.25, -0.2) is 19.6 Å². The standard InChI is InChI=1S/C8H9NO2.C6H5NO2/c1-2-6-4-3-5-9-7(6)8(10)11;8-6(9)5-3-1-2-4-7-5/h3-5H,2H2,1H3,(H,10,11);1-4H,(H,8,9). The molecule has 2 rings (SSSR count). The van der Waals surface area contributed by atoms with Gasteiger partial charge in [0.2, 0.25) is 0 Å². The van der Waals surface area contributed by atoms with Crippen LogP contribution in [0, 0.1) is 0 Å². The summed E-state index contributed by atoms with van der Waals surface area (Å²) in [5, 5.41) is 17.0. The van der Waals surface area contributed by atoms with Crippen molar-refractivity contribution in [2.24, 2.45) is 0 Å². The van der Waals surface area contributed by atoms with Crippen LogP contribution in [0.4, 0.5) is 0 Å². The second-order valence-corrected chi connectivity index (χ2v) is 3.69. The number of nitrogens with zero attached hydrogens (tertiary/aromatic N) is 2. The fourth-order valence-electron chi connectivity index (χ4n) is 1.41. The van der Waals surface area contributed by atoms with Gasteiger partial charge in [-0.1, -0.05) is 19.1 Å². The predicted octanol–water partition coefficient (Wildman–Crippen LogP) is 2.12. The number of aryl methyl sites for hydroxylation is 1. The van der Waals surface area contributed by atoms with Gasteiger partial charge >= 0.3 is 11.9 Å². The molecule has 6 nitrogen and oxygen atoms in total. The Kier molecular flexibility index (Phi) is 5.83. The third-order valence-corrected chi connectivity index (χ3v) is 2.36. The van der Waals surface area contributed by atoms with Gasteiger partial charge in [-0.15, -0.1) is 0 Å². The van der Waals surface area contributed by atoms with Gasteiger partial charge in [0.1, 0.15) is 5.69 Å². The van der Waals surface area contributed by atoms with Crippen molar-refractivity contribution in [2.45, 2.75) is 13.3 Å². The van der Waals surface area contributed by atoms with Crippen molar-refractivity contribution in [1.82, 2.24) is 9.97 Å². The minimum atomic E-state index is -0.990. The number of aromatic carboxylic acids is 2. The first kappa shape index (κ1) is 15.3. The van der Waals surface area contributed by atoms with E-state index in [0.717, 1.165) is 5.56 Å². The Morgan fingerprint density at radius 2 is 1.70 bits per heavy atom. The molecule has 104 valence electrons. The number of pyridine rings is 2. The van der Waals surface area contributed by atoms with Crippen LogP contribution in [-0.4, -0.2) is 32.1 Å². The SMILES string of the molecule is CCc1cccnc1C(=O)O.O=C(O)c1ccccn1. The molecule has 0 bridgehead atoms. The Morgan fingerprint density at radius 3 is 2.10 bits per heavy atom. The molecule has 0 radical (unpaired) electrons. The fourth-order valence-corrected chi connectivity index (χ4v) is 1.41. The van der Waals surface area contributed by atoms with Gasteiger partial charge in [-0.2, -0.15) is 0 Å². The number of carboxylic acids is 2. The van der Waals surface area contributed by atoms with Crippen LogP contribution in [0.15, 0.2) is 42.7 Å². The molecule has 0 atom stereocenters. The molecule has 0 aromatic carbocycles. The average Bonchev–Trinajstić information content (AvgIpc) is 2.48. The summed E-state index contributed by atoms with van der Waals surface area (Å²) in [6.45, 7) is 1.91. The van der Waals surface area contributed by atoms with Gasteiger partial charge in [0, 0.05) is 12.4 Å². The highest BCUT2D eigenvalue weighted by atomic mass is 16.4. The summed E-state index contributed by atoms with van der Waals surface area (Å²) in [7, 11) is 0. The zero-order chi connectivity index (χ0) is 15.0. The lowest BCUT2D eigenvalue weighted by molar-refractivity contribution is 0.0679. The molecule has 0 fully saturated rings. The van der Waals surface area contributed by atoms with Crippen LogP contribution in [0.2, 0.25) is 0 Å². The topological polar surface area (TPSA) is 100 Å². The number of carbonyl (C=O) groups is 2. The van der Waals surface area contributed by atoms with Crippen LogP contribution in [0.3, 0.4) is 0 Å². The molecule has 2 heterocycles. The van der Waals surface area contributed by atoms with Gasteiger partial charge in [0.25, 0.3) is 0 Å². The molecule has 6 heteroatoms. The Labute approximate surface area is 115 Å². The Hall–Kier alpha value is -2.76. The van der Waals surface area contributed by atoms with Crippen molar-refractivity contribution < 1.29 is 19.8 Å². The third kappa shape index (κ3) is 4.49. The van der Waals surface area contributed by atoms with Crippen LogP contribution in [0.25, 0.3) is 0 Å². The molecule has 0 aliphatic carbocycles. The highest BCUT2D eigenvalue weighted by molar-refractivity contribution is 5.87. The molecule has 0 amide bonds. The summed E-state index contributed by atoms with van der Waals surface area (Å²) in [6.07, 6.45) is 3.64. The number of carboxylic acid groups (broad SMARTS) is 2. The van der Waals surface area contributed by atoms with E-state index in [1.165, 1.54) is 18.5 Å². The zero-order valence-corrected chi connectivity index (χ0v) is 10.9. The third-order valence-electron chi connectivity index (χ3n) is 2.36. The van der Waals surface area contributed by atoms with Crippen LogP contribution < -0.4 is 0 Å². The summed E-state index contributed by atoms with van der Waals surface area (Å²) in [5.41, 5.74) is 1.02. The molecule has 0 aliphatic rings. The second-order valence-electron chi connectivity index (χ2n) is 3.69. The van der Waals surface area contributed by atoms with E-state index < -0.39 is 11.9 Å². The molecule has 0 spiro atoms. The fraction of sp³-hybridized carbons (Fsp3) is 0.143. The van der Waals surface area contributed by atoms with E-state index in [0.29, 0.717) is 6.42 Å². The second kappa shape index (κ2) is 7.63. The maximum Gasteiger partial charge on any atom is 0.354 e. The van der Waals surface area contributed by atoms with E-state index in [9.17, 15) is 9.59 Å². The quantitative estimate of drug-likeness (QED) is 0.889. The van der Waals surface area contributed by atoms with E-state index in [1.807, 2.05) is 6.92 Å². The van der Waals surface area contributed by atoms with Gasteiger partial charge in [0.15, 0.2) is 5.69 Å². The molecule has 2 N–H and O–H groups in total. The van der Waals surface area contributed by atoms with Crippen molar-refractivity contribution in [2.75, 3.05) is 0 Å². The molecule has 2 aromatic rings. The van der Waals surface area contributed by atoms with Crippen molar-refractivity contribution in [3.05, 3.63) is 59.7 Å². The van der Waals surface area contributed by atoms with E-state index in [4.69, 9.17) is 10.2 Å². The molecular formula is C14H14N2O4. The Bertz CT molecular complexity index is 585. The van der Waals surface area contributed by atoms with Crippen LogP contribution in [0.5, 0.6) is 0 Å². The Balaban J connectivity index is 0.000000204. The molecular weight excluding hydrogens is 260 g/mol. The lowest BCUT2D eigenvalue weighted by Gasteiger charge is -1.99. The monoisotopic (exact) mass is 274 g/mol. The van der Waals surface area contributed by atoms with Gasteiger partial charge < -0.3 is 10.2 Å². The lowest BCUT2D eigenvalue weighted by atomic mass is 10.1. The molecule has 0 aliphatic heterocycles. The first-order valence-electron chi connectivity index (χ1n) is 5.87. The number of hydrogen-bond acceptors (Lipinski definition) is 4. The summed E-state index contributed by atoms with van der Waals surface area (Å²) in [4.78, 5) is 28.0. The summed E-state index contributed by atoms with van der Waals surface area (Å²) in [5.74, 6) is -1.95. The van der Waals surface area contributed by atoms with E-state index in [-0.39, 0.29) is 11.4 Å². The van der Waals surface area contributed by atoms with Crippen LogP contribution >= 0.6 is 0 Å². The molecule has 0 unspecified atom stereocenters. The number of aromatic nitrogens is 2. The molecule has 0 saturated carbocycles. The minimum absolute atomic E-state index is 0.0810. The lowest BCUT2D eigenvalue weighted by Crippen LogP contribution is -2.04. The van der Waals surface area contributed by atoms with Crippen LogP contribution in [-0.2, 0) is 6.42 Å². The smallest absolute Gasteiger partial charge is 0.354 e. The van der Waals surface area contributed by atoms with Gasteiger partial charge in [0.05, 0.1) is 0 Å². The number of rotatable bonds is 3. The number of hydrogen-bond donors (Lipinski definition) is 2. The van der Waals surface area contributed by atoms with E-state index in [1.54, 1.807) is 24.3 Å².